The van der Waals surface area contributed by atoms with E-state index >= 15 is 0 Å². The van der Waals surface area contributed by atoms with E-state index in [1.807, 2.05) is 48.6 Å². The molecule has 0 saturated carbocycles. The number of hydrogen-bond acceptors (Lipinski definition) is 4. The second-order valence-corrected chi connectivity index (χ2v) is 4.64. The van der Waals surface area contributed by atoms with Crippen LogP contribution in [0.4, 0.5) is 0 Å². The number of allylic oxidation sites excluding steroid dienone is 4. The highest BCUT2D eigenvalue weighted by molar-refractivity contribution is 5.74. The molecule has 0 spiro atoms. The topological polar surface area (TPSA) is 74.6 Å². The van der Waals surface area contributed by atoms with Crippen molar-refractivity contribution in [2.24, 2.45) is 0 Å². The minimum Gasteiger partial charge on any atom is -0.357 e. The summed E-state index contributed by atoms with van der Waals surface area (Å²) in [6.07, 6.45) is 9.45. The molecule has 0 saturated heterocycles. The zero-order valence-corrected chi connectivity index (χ0v) is 12.0. The number of benzene rings is 1. The highest BCUT2D eigenvalue weighted by Gasteiger charge is 1.99. The van der Waals surface area contributed by atoms with Gasteiger partial charge in [-0.2, -0.15) is 15.8 Å². The van der Waals surface area contributed by atoms with E-state index in [0.717, 1.165) is 10.8 Å². The summed E-state index contributed by atoms with van der Waals surface area (Å²) in [4.78, 5) is 1.92. The van der Waals surface area contributed by atoms with Crippen molar-refractivity contribution in [3.63, 3.8) is 0 Å². The molecule has 1 aliphatic rings. The van der Waals surface area contributed by atoms with Gasteiger partial charge in [-0.3, -0.25) is 0 Å². The van der Waals surface area contributed by atoms with Crippen molar-refractivity contribution < 1.29 is 0 Å². The van der Waals surface area contributed by atoms with Crippen LogP contribution in [0.25, 0.3) is 11.1 Å². The maximum absolute atomic E-state index is 9.33. The molecule has 0 amide bonds. The van der Waals surface area contributed by atoms with Crippen LogP contribution >= 0.6 is 0 Å². The minimum atomic E-state index is 0.0598. The van der Waals surface area contributed by atoms with Gasteiger partial charge in [0, 0.05) is 24.7 Å². The van der Waals surface area contributed by atoms with Gasteiger partial charge < -0.3 is 4.90 Å². The lowest BCUT2D eigenvalue weighted by Crippen LogP contribution is -2.11. The van der Waals surface area contributed by atoms with Gasteiger partial charge in [-0.1, -0.05) is 24.3 Å². The standard InChI is InChI=1S/C18H12N4/c1-22-8-6-14(7-9-22)10-17(11-19)15-2-4-16(5-3-15)18(12-20)13-21/h2-10H,1H3. The first kappa shape index (κ1) is 14.9. The van der Waals surface area contributed by atoms with Crippen LogP contribution in [0.1, 0.15) is 0 Å². The lowest BCUT2D eigenvalue weighted by Gasteiger charge is -2.11. The molecule has 2 rings (SSSR count). The zero-order valence-electron chi connectivity index (χ0n) is 12.0. The first-order chi connectivity index (χ1) is 10.7. The monoisotopic (exact) mass is 284 g/mol. The van der Waals surface area contributed by atoms with Crippen molar-refractivity contribution in [1.82, 2.24) is 4.90 Å². The van der Waals surface area contributed by atoms with Crippen LogP contribution in [0.2, 0.25) is 0 Å². The summed E-state index contributed by atoms with van der Waals surface area (Å²) < 4.78 is 0. The zero-order chi connectivity index (χ0) is 15.9. The molecule has 0 bridgehead atoms. The molecule has 4 heteroatoms. The molecule has 1 aromatic carbocycles. The summed E-state index contributed by atoms with van der Waals surface area (Å²) in [5.74, 6) is 0. The quantitative estimate of drug-likeness (QED) is 0.782. The molecule has 0 unspecified atom stereocenters. The first-order valence-corrected chi connectivity index (χ1v) is 6.53. The van der Waals surface area contributed by atoms with Gasteiger partial charge in [0.2, 0.25) is 0 Å². The van der Waals surface area contributed by atoms with E-state index in [1.165, 1.54) is 0 Å². The Hall–Kier alpha value is -3.55. The van der Waals surface area contributed by atoms with Gasteiger partial charge in [0.1, 0.15) is 17.7 Å². The van der Waals surface area contributed by atoms with Crippen molar-refractivity contribution in [3.05, 3.63) is 70.9 Å². The molecule has 1 aliphatic heterocycles. The van der Waals surface area contributed by atoms with Crippen molar-refractivity contribution in [2.45, 2.75) is 0 Å². The van der Waals surface area contributed by atoms with E-state index < -0.39 is 0 Å². The predicted octanol–water partition coefficient (Wildman–Crippen LogP) is 1.46. The molecular weight excluding hydrogens is 272 g/mol. The van der Waals surface area contributed by atoms with E-state index in [-0.39, 0.29) is 5.57 Å². The lowest BCUT2D eigenvalue weighted by molar-refractivity contribution is 0.620. The lowest BCUT2D eigenvalue weighted by atomic mass is 10.1. The highest BCUT2D eigenvalue weighted by Crippen LogP contribution is 2.10. The fourth-order valence-electron chi connectivity index (χ4n) is 1.93. The number of nitrogens with zero attached hydrogens (tertiary/aromatic N) is 4. The third kappa shape index (κ3) is 3.31. The van der Waals surface area contributed by atoms with Crippen LogP contribution < -0.4 is 10.4 Å². The van der Waals surface area contributed by atoms with Gasteiger partial charge >= 0.3 is 0 Å². The van der Waals surface area contributed by atoms with Gasteiger partial charge in [-0.05, 0) is 29.0 Å². The van der Waals surface area contributed by atoms with E-state index in [2.05, 4.69) is 6.07 Å². The largest absolute Gasteiger partial charge is 0.357 e. The molecule has 104 valence electrons. The van der Waals surface area contributed by atoms with Gasteiger partial charge in [0.15, 0.2) is 0 Å². The van der Waals surface area contributed by atoms with Crippen LogP contribution in [-0.2, 0) is 0 Å². The minimum absolute atomic E-state index is 0.0598. The van der Waals surface area contributed by atoms with Crippen molar-refractivity contribution in [1.29, 1.82) is 15.8 Å². The Labute approximate surface area is 128 Å². The average molecular weight is 284 g/mol. The molecule has 0 aromatic heterocycles. The van der Waals surface area contributed by atoms with Crippen molar-refractivity contribution in [2.75, 3.05) is 7.05 Å². The van der Waals surface area contributed by atoms with E-state index in [0.29, 0.717) is 10.8 Å². The number of nitriles is 3. The van der Waals surface area contributed by atoms with Crippen LogP contribution in [0.15, 0.2) is 60.5 Å². The molecule has 1 aromatic rings. The van der Waals surface area contributed by atoms with Crippen LogP contribution in [0, 0.1) is 34.0 Å². The van der Waals surface area contributed by atoms with Crippen LogP contribution in [-0.4, -0.2) is 11.9 Å². The molecular formula is C18H12N4. The average Bonchev–Trinajstić information content (AvgIpc) is 2.56. The Kier molecular flexibility index (Phi) is 4.56. The van der Waals surface area contributed by atoms with Gasteiger partial charge in [0.25, 0.3) is 0 Å². The Bertz CT molecular complexity index is 870. The smallest absolute Gasteiger partial charge is 0.136 e. The van der Waals surface area contributed by atoms with E-state index in [9.17, 15) is 5.26 Å². The molecule has 0 N–H and O–H groups in total. The SMILES string of the molecule is CN1C=CC(=CC(C#N)=c2ccc(=C(C#N)C#N)cc2)C=C1. The van der Waals surface area contributed by atoms with Crippen LogP contribution in [0.5, 0.6) is 0 Å². The first-order valence-electron chi connectivity index (χ1n) is 6.53. The Morgan fingerprint density at radius 2 is 1.45 bits per heavy atom. The number of hydrogen-bond donors (Lipinski definition) is 0. The maximum Gasteiger partial charge on any atom is 0.136 e. The molecule has 0 atom stereocenters. The van der Waals surface area contributed by atoms with Gasteiger partial charge in [-0.15, -0.1) is 0 Å². The van der Waals surface area contributed by atoms with E-state index in [4.69, 9.17) is 10.5 Å². The predicted molar refractivity (Wildman–Crippen MR) is 83.5 cm³/mol. The summed E-state index contributed by atoms with van der Waals surface area (Å²) in [7, 11) is 1.93. The molecule has 1 heterocycles. The third-order valence-electron chi connectivity index (χ3n) is 3.14. The maximum atomic E-state index is 9.33. The second kappa shape index (κ2) is 6.75. The third-order valence-corrected chi connectivity index (χ3v) is 3.14. The second-order valence-electron chi connectivity index (χ2n) is 4.64. The van der Waals surface area contributed by atoms with Gasteiger partial charge in [-0.25, -0.2) is 0 Å². The molecule has 22 heavy (non-hydrogen) atoms. The Balaban J connectivity index is 2.52. The fourth-order valence-corrected chi connectivity index (χ4v) is 1.93. The van der Waals surface area contributed by atoms with Crippen LogP contribution in [0.3, 0.4) is 0 Å². The molecule has 4 nitrogen and oxygen atoms in total. The Morgan fingerprint density at radius 1 is 0.909 bits per heavy atom. The van der Waals surface area contributed by atoms with Crippen molar-refractivity contribution >= 4 is 11.1 Å². The van der Waals surface area contributed by atoms with Crippen molar-refractivity contribution in [3.8, 4) is 18.2 Å². The molecule has 0 radical (unpaired) electrons. The molecule has 0 fully saturated rings. The molecule has 0 aliphatic carbocycles. The van der Waals surface area contributed by atoms with Gasteiger partial charge in [0.05, 0.1) is 11.6 Å². The summed E-state index contributed by atoms with van der Waals surface area (Å²) >= 11 is 0. The summed E-state index contributed by atoms with van der Waals surface area (Å²) in [5, 5.41) is 28.3. The summed E-state index contributed by atoms with van der Waals surface area (Å²) in [6, 6.07) is 12.7. The normalized spacial score (nSPS) is 12.1. The summed E-state index contributed by atoms with van der Waals surface area (Å²) in [5.41, 5.74) is 1.51. The van der Waals surface area contributed by atoms with E-state index in [1.54, 1.807) is 30.3 Å². The Morgan fingerprint density at radius 3 is 1.95 bits per heavy atom. The highest BCUT2D eigenvalue weighted by atomic mass is 15.0. The number of rotatable bonds is 1. The fraction of sp³-hybridized carbons (Fsp3) is 0.0556. The summed E-state index contributed by atoms with van der Waals surface area (Å²) in [6.45, 7) is 0.